The maximum Gasteiger partial charge on any atom is 0.271 e. The fourth-order valence-corrected chi connectivity index (χ4v) is 2.66. The molecule has 24 heavy (non-hydrogen) atoms. The standard InChI is InChI=1S/C21H20N2O/c1-16-10-12-17(13-11-16)7-6-14-22(2)21(24)20-15-18-8-4-5-9-19(18)23(20)3/h4-5,8-13,15H,14H2,1-3H3. The molecule has 0 aliphatic carbocycles. The highest BCUT2D eigenvalue weighted by molar-refractivity contribution is 5.98. The van der Waals surface area contributed by atoms with E-state index in [0.29, 0.717) is 12.2 Å². The predicted octanol–water partition coefficient (Wildman–Crippen LogP) is 3.61. The van der Waals surface area contributed by atoms with Crippen LogP contribution in [0.4, 0.5) is 0 Å². The van der Waals surface area contributed by atoms with Crippen molar-refractivity contribution >= 4 is 16.8 Å². The van der Waals surface area contributed by atoms with E-state index < -0.39 is 0 Å². The first kappa shape index (κ1) is 15.9. The zero-order valence-electron chi connectivity index (χ0n) is 14.2. The number of fused-ring (bicyclic) bond motifs is 1. The lowest BCUT2D eigenvalue weighted by molar-refractivity contribution is 0.0804. The van der Waals surface area contributed by atoms with Gasteiger partial charge in [-0.1, -0.05) is 47.7 Å². The minimum Gasteiger partial charge on any atom is -0.340 e. The number of amides is 1. The van der Waals surface area contributed by atoms with Gasteiger partial charge < -0.3 is 9.47 Å². The minimum atomic E-state index is -0.0214. The fourth-order valence-electron chi connectivity index (χ4n) is 2.66. The van der Waals surface area contributed by atoms with Crippen molar-refractivity contribution in [3.63, 3.8) is 0 Å². The number of rotatable bonds is 2. The molecule has 1 amide bonds. The van der Waals surface area contributed by atoms with Crippen LogP contribution in [0.3, 0.4) is 0 Å². The Kier molecular flexibility index (Phi) is 4.39. The van der Waals surface area contributed by atoms with Crippen molar-refractivity contribution in [1.82, 2.24) is 9.47 Å². The molecule has 0 radical (unpaired) electrons. The highest BCUT2D eigenvalue weighted by Gasteiger charge is 2.16. The lowest BCUT2D eigenvalue weighted by Gasteiger charge is -2.14. The average molecular weight is 316 g/mol. The molecule has 1 aromatic heterocycles. The molecule has 3 aromatic rings. The maximum atomic E-state index is 12.7. The molecule has 1 heterocycles. The van der Waals surface area contributed by atoms with Crippen LogP contribution in [0.25, 0.3) is 10.9 Å². The molecule has 3 rings (SSSR count). The first-order chi connectivity index (χ1) is 11.6. The predicted molar refractivity (Wildman–Crippen MR) is 97.9 cm³/mol. The minimum absolute atomic E-state index is 0.0214. The number of nitrogens with zero attached hydrogens (tertiary/aromatic N) is 2. The molecule has 0 spiro atoms. The van der Waals surface area contributed by atoms with Crippen LogP contribution in [0.5, 0.6) is 0 Å². The van der Waals surface area contributed by atoms with Crippen molar-refractivity contribution in [2.45, 2.75) is 6.92 Å². The van der Waals surface area contributed by atoms with Crippen LogP contribution in [0.15, 0.2) is 54.6 Å². The fraction of sp³-hybridized carbons (Fsp3) is 0.190. The van der Waals surface area contributed by atoms with Crippen LogP contribution in [-0.4, -0.2) is 29.0 Å². The topological polar surface area (TPSA) is 25.2 Å². The van der Waals surface area contributed by atoms with Gasteiger partial charge in [-0.2, -0.15) is 0 Å². The Balaban J connectivity index is 1.75. The largest absolute Gasteiger partial charge is 0.340 e. The van der Waals surface area contributed by atoms with Crippen LogP contribution in [0.1, 0.15) is 21.6 Å². The van der Waals surface area contributed by atoms with Gasteiger partial charge >= 0.3 is 0 Å². The lowest BCUT2D eigenvalue weighted by atomic mass is 10.1. The Labute approximate surface area is 142 Å². The molecule has 0 saturated heterocycles. The Morgan fingerprint density at radius 3 is 2.54 bits per heavy atom. The van der Waals surface area contributed by atoms with Gasteiger partial charge in [0.05, 0.1) is 6.54 Å². The molecule has 0 fully saturated rings. The second kappa shape index (κ2) is 6.64. The monoisotopic (exact) mass is 316 g/mol. The molecule has 0 aliphatic heterocycles. The van der Waals surface area contributed by atoms with Gasteiger partial charge in [-0.15, -0.1) is 0 Å². The Morgan fingerprint density at radius 1 is 1.12 bits per heavy atom. The van der Waals surface area contributed by atoms with Gasteiger partial charge in [0.1, 0.15) is 5.69 Å². The van der Waals surface area contributed by atoms with Crippen molar-refractivity contribution in [2.75, 3.05) is 13.6 Å². The van der Waals surface area contributed by atoms with E-state index in [-0.39, 0.29) is 5.91 Å². The first-order valence-electron chi connectivity index (χ1n) is 7.92. The van der Waals surface area contributed by atoms with Gasteiger partial charge in [0, 0.05) is 30.6 Å². The summed E-state index contributed by atoms with van der Waals surface area (Å²) >= 11 is 0. The summed E-state index contributed by atoms with van der Waals surface area (Å²) in [5, 5.41) is 1.07. The second-order valence-corrected chi connectivity index (χ2v) is 5.98. The summed E-state index contributed by atoms with van der Waals surface area (Å²) in [5.41, 5.74) is 3.91. The molecule has 3 nitrogen and oxygen atoms in total. The van der Waals surface area contributed by atoms with Gasteiger partial charge in [0.2, 0.25) is 0 Å². The highest BCUT2D eigenvalue weighted by Crippen LogP contribution is 2.19. The van der Waals surface area contributed by atoms with E-state index in [1.807, 2.05) is 73.1 Å². The van der Waals surface area contributed by atoms with Crippen LogP contribution in [0, 0.1) is 18.8 Å². The third kappa shape index (κ3) is 3.18. The Bertz CT molecular complexity index is 939. The molecular formula is C21H20N2O. The van der Waals surface area contributed by atoms with E-state index in [1.165, 1.54) is 5.56 Å². The van der Waals surface area contributed by atoms with Crippen LogP contribution in [-0.2, 0) is 7.05 Å². The molecule has 0 saturated carbocycles. The van der Waals surface area contributed by atoms with Gasteiger partial charge in [0.15, 0.2) is 0 Å². The van der Waals surface area contributed by atoms with E-state index in [4.69, 9.17) is 0 Å². The van der Waals surface area contributed by atoms with Crippen molar-refractivity contribution in [3.8, 4) is 11.8 Å². The second-order valence-electron chi connectivity index (χ2n) is 5.98. The van der Waals surface area contributed by atoms with E-state index in [2.05, 4.69) is 11.8 Å². The number of hydrogen-bond donors (Lipinski definition) is 0. The summed E-state index contributed by atoms with van der Waals surface area (Å²) in [6.07, 6.45) is 0. The quantitative estimate of drug-likeness (QED) is 0.663. The molecule has 0 aliphatic rings. The van der Waals surface area contributed by atoms with Crippen LogP contribution < -0.4 is 0 Å². The van der Waals surface area contributed by atoms with Crippen LogP contribution >= 0.6 is 0 Å². The molecule has 0 unspecified atom stereocenters. The number of benzene rings is 2. The normalized spacial score (nSPS) is 10.3. The Morgan fingerprint density at radius 2 is 1.83 bits per heavy atom. The third-order valence-corrected chi connectivity index (χ3v) is 4.12. The molecule has 0 atom stereocenters. The number of aromatic nitrogens is 1. The molecule has 2 aromatic carbocycles. The SMILES string of the molecule is Cc1ccc(C#CCN(C)C(=O)c2cc3ccccc3n2C)cc1. The summed E-state index contributed by atoms with van der Waals surface area (Å²) < 4.78 is 1.93. The number of para-hydroxylation sites is 1. The van der Waals surface area contributed by atoms with Gasteiger partial charge in [0.25, 0.3) is 5.91 Å². The van der Waals surface area contributed by atoms with Crippen LogP contribution in [0.2, 0.25) is 0 Å². The summed E-state index contributed by atoms with van der Waals surface area (Å²) in [7, 11) is 3.70. The van der Waals surface area contributed by atoms with Crippen molar-refractivity contribution in [3.05, 3.63) is 71.4 Å². The summed E-state index contributed by atoms with van der Waals surface area (Å²) in [5.74, 6) is 6.15. The zero-order valence-corrected chi connectivity index (χ0v) is 14.2. The Hall–Kier alpha value is -2.99. The third-order valence-electron chi connectivity index (χ3n) is 4.12. The van der Waals surface area contributed by atoms with Crippen molar-refractivity contribution in [2.24, 2.45) is 7.05 Å². The van der Waals surface area contributed by atoms with Crippen molar-refractivity contribution < 1.29 is 4.79 Å². The number of aryl methyl sites for hydroxylation is 2. The smallest absolute Gasteiger partial charge is 0.271 e. The maximum absolute atomic E-state index is 12.7. The molecule has 0 N–H and O–H groups in total. The molecule has 3 heteroatoms. The average Bonchev–Trinajstić information content (AvgIpc) is 2.93. The lowest BCUT2D eigenvalue weighted by Crippen LogP contribution is -2.28. The summed E-state index contributed by atoms with van der Waals surface area (Å²) in [6.45, 7) is 2.45. The zero-order chi connectivity index (χ0) is 17.1. The van der Waals surface area contributed by atoms with Gasteiger partial charge in [-0.3, -0.25) is 4.79 Å². The molecule has 0 bridgehead atoms. The highest BCUT2D eigenvalue weighted by atomic mass is 16.2. The van der Waals surface area contributed by atoms with E-state index >= 15 is 0 Å². The number of carbonyl (C=O) groups excluding carboxylic acids is 1. The number of hydrogen-bond acceptors (Lipinski definition) is 1. The van der Waals surface area contributed by atoms with Gasteiger partial charge in [-0.25, -0.2) is 0 Å². The molecular weight excluding hydrogens is 296 g/mol. The molecule has 120 valence electrons. The van der Waals surface area contributed by atoms with E-state index in [0.717, 1.165) is 16.5 Å². The van der Waals surface area contributed by atoms with Crippen molar-refractivity contribution in [1.29, 1.82) is 0 Å². The summed E-state index contributed by atoms with van der Waals surface area (Å²) in [6, 6.07) is 18.0. The first-order valence-corrected chi connectivity index (χ1v) is 7.92. The van der Waals surface area contributed by atoms with E-state index in [1.54, 1.807) is 11.9 Å². The number of carbonyl (C=O) groups is 1. The van der Waals surface area contributed by atoms with E-state index in [9.17, 15) is 4.79 Å². The van der Waals surface area contributed by atoms with Gasteiger partial charge in [-0.05, 0) is 31.2 Å². The summed E-state index contributed by atoms with van der Waals surface area (Å²) in [4.78, 5) is 14.3.